The summed E-state index contributed by atoms with van der Waals surface area (Å²) in [6, 6.07) is 0. The van der Waals surface area contributed by atoms with Crippen LogP contribution in [0.1, 0.15) is 18.9 Å². The molecule has 0 radical (unpaired) electrons. The molecular weight excluding hydrogens is 292 g/mol. The molecule has 1 rings (SSSR count). The highest BCUT2D eigenvalue weighted by molar-refractivity contribution is 9.10. The van der Waals surface area contributed by atoms with Crippen molar-refractivity contribution >= 4 is 27.4 Å². The first-order valence-corrected chi connectivity index (χ1v) is 5.67. The number of nitrogens with zero attached hydrogens (tertiary/aromatic N) is 2. The first kappa shape index (κ1) is 13.6. The van der Waals surface area contributed by atoms with Crippen molar-refractivity contribution in [2.75, 3.05) is 0 Å². The molecule has 7 heteroatoms. The fourth-order valence-corrected chi connectivity index (χ4v) is 1.76. The third-order valence-corrected chi connectivity index (χ3v) is 3.28. The molecule has 0 aliphatic rings. The fourth-order valence-electron chi connectivity index (χ4n) is 1.33. The number of Topliss-reactive ketones (excluding diaryl/α,β-unsaturated/α-hetero) is 1. The van der Waals surface area contributed by atoms with Crippen LogP contribution in [0.2, 0.25) is 0 Å². The minimum Gasteiger partial charge on any atom is -0.307 e. The lowest BCUT2D eigenvalue weighted by atomic mass is 10.2. The number of ketones is 1. The first-order chi connectivity index (χ1) is 7.84. The molecule has 0 amide bonds. The lowest BCUT2D eigenvalue weighted by Gasteiger charge is -2.07. The Hall–Kier alpha value is -1.50. The van der Waals surface area contributed by atoms with E-state index in [4.69, 9.17) is 0 Å². The van der Waals surface area contributed by atoms with Crippen LogP contribution in [0.4, 0.5) is 5.69 Å². The molecule has 92 valence electrons. The second-order valence-corrected chi connectivity index (χ2v) is 4.45. The summed E-state index contributed by atoms with van der Waals surface area (Å²) in [5.74, 6) is -0.0729. The fraction of sp³-hybridized carbons (Fsp3) is 0.400. The second-order valence-electron chi connectivity index (χ2n) is 3.66. The van der Waals surface area contributed by atoms with Gasteiger partial charge in [0.1, 0.15) is 5.78 Å². The monoisotopic (exact) mass is 302 g/mol. The van der Waals surface area contributed by atoms with E-state index < -0.39 is 4.92 Å². The Morgan fingerprint density at radius 1 is 1.59 bits per heavy atom. The van der Waals surface area contributed by atoms with Crippen molar-refractivity contribution in [3.8, 4) is 0 Å². The highest BCUT2D eigenvalue weighted by Crippen LogP contribution is 2.22. The van der Waals surface area contributed by atoms with Crippen LogP contribution in [0.25, 0.3) is 0 Å². The summed E-state index contributed by atoms with van der Waals surface area (Å²) in [4.78, 5) is 32.8. The van der Waals surface area contributed by atoms with Gasteiger partial charge in [-0.1, -0.05) is 0 Å². The largest absolute Gasteiger partial charge is 0.307 e. The number of carbonyl (C=O) groups is 1. The number of nitro groups is 1. The van der Waals surface area contributed by atoms with Gasteiger partial charge in [-0.2, -0.15) is 0 Å². The Morgan fingerprint density at radius 2 is 2.18 bits per heavy atom. The quantitative estimate of drug-likeness (QED) is 0.627. The van der Waals surface area contributed by atoms with Crippen molar-refractivity contribution < 1.29 is 9.72 Å². The van der Waals surface area contributed by atoms with E-state index in [9.17, 15) is 19.7 Å². The third kappa shape index (κ3) is 3.00. The number of rotatable bonds is 4. The Bertz CT molecular complexity index is 536. The van der Waals surface area contributed by atoms with E-state index in [2.05, 4.69) is 15.9 Å². The summed E-state index contributed by atoms with van der Waals surface area (Å²) in [7, 11) is 0. The number of hydrogen-bond donors (Lipinski definition) is 0. The molecule has 0 unspecified atom stereocenters. The zero-order valence-electron chi connectivity index (χ0n) is 9.40. The maximum atomic E-state index is 11.8. The van der Waals surface area contributed by atoms with Gasteiger partial charge in [0.25, 0.3) is 11.2 Å². The molecule has 17 heavy (non-hydrogen) atoms. The van der Waals surface area contributed by atoms with Crippen molar-refractivity contribution in [3.63, 3.8) is 0 Å². The zero-order valence-corrected chi connectivity index (χ0v) is 11.0. The highest BCUT2D eigenvalue weighted by Gasteiger charge is 2.18. The first-order valence-electron chi connectivity index (χ1n) is 4.88. The molecule has 0 fully saturated rings. The zero-order chi connectivity index (χ0) is 13.2. The lowest BCUT2D eigenvalue weighted by Crippen LogP contribution is -2.23. The van der Waals surface area contributed by atoms with E-state index in [1.165, 1.54) is 24.6 Å². The minimum atomic E-state index is -0.552. The summed E-state index contributed by atoms with van der Waals surface area (Å²) in [6.45, 7) is 3.05. The molecular formula is C10H11BrN2O4. The smallest absolute Gasteiger partial charge is 0.289 e. The lowest BCUT2D eigenvalue weighted by molar-refractivity contribution is -0.386. The third-order valence-electron chi connectivity index (χ3n) is 2.34. The molecule has 0 N–H and O–H groups in total. The summed E-state index contributed by atoms with van der Waals surface area (Å²) >= 11 is 3.03. The van der Waals surface area contributed by atoms with Crippen LogP contribution in [0.15, 0.2) is 15.5 Å². The van der Waals surface area contributed by atoms with E-state index >= 15 is 0 Å². The molecule has 1 heterocycles. The Morgan fingerprint density at radius 3 is 2.65 bits per heavy atom. The van der Waals surface area contributed by atoms with Crippen LogP contribution in [0, 0.1) is 17.0 Å². The van der Waals surface area contributed by atoms with E-state index in [1.54, 1.807) is 0 Å². The van der Waals surface area contributed by atoms with Crippen LogP contribution < -0.4 is 5.56 Å². The molecule has 6 nitrogen and oxygen atoms in total. The topological polar surface area (TPSA) is 82.2 Å². The van der Waals surface area contributed by atoms with Gasteiger partial charge in [-0.25, -0.2) is 0 Å². The number of aryl methyl sites for hydroxylation is 1. The molecule has 0 saturated heterocycles. The van der Waals surface area contributed by atoms with Crippen LogP contribution in [0.3, 0.4) is 0 Å². The number of hydrogen-bond acceptors (Lipinski definition) is 4. The van der Waals surface area contributed by atoms with Gasteiger partial charge in [-0.3, -0.25) is 19.7 Å². The molecule has 0 aliphatic carbocycles. The maximum Gasteiger partial charge on any atom is 0.289 e. The molecule has 0 atom stereocenters. The van der Waals surface area contributed by atoms with Gasteiger partial charge in [0.15, 0.2) is 0 Å². The average Bonchev–Trinajstić information content (AvgIpc) is 2.24. The van der Waals surface area contributed by atoms with E-state index in [1.807, 2.05) is 0 Å². The van der Waals surface area contributed by atoms with Gasteiger partial charge in [0.05, 0.1) is 15.6 Å². The normalized spacial score (nSPS) is 10.3. The summed E-state index contributed by atoms with van der Waals surface area (Å²) < 4.78 is 1.34. The number of pyridine rings is 1. The molecule has 0 aliphatic heterocycles. The standard InChI is InChI=1S/C10H11BrN2O4/c1-6(14)3-4-12-5-8(13(16)17)7(2)9(11)10(12)15/h5H,3-4H2,1-2H3. The van der Waals surface area contributed by atoms with Crippen LogP contribution in [0.5, 0.6) is 0 Å². The van der Waals surface area contributed by atoms with Crippen LogP contribution in [-0.4, -0.2) is 15.3 Å². The molecule has 1 aromatic heterocycles. The van der Waals surface area contributed by atoms with Gasteiger partial charge in [0, 0.05) is 18.5 Å². The number of aromatic nitrogens is 1. The van der Waals surface area contributed by atoms with E-state index in [0.717, 1.165) is 0 Å². The highest BCUT2D eigenvalue weighted by atomic mass is 79.9. The molecule has 0 aromatic carbocycles. The predicted molar refractivity (Wildman–Crippen MR) is 65.1 cm³/mol. The number of halogens is 1. The van der Waals surface area contributed by atoms with Crippen LogP contribution >= 0.6 is 15.9 Å². The molecule has 1 aromatic rings. The minimum absolute atomic E-state index is 0.0729. The van der Waals surface area contributed by atoms with Gasteiger partial charge in [-0.05, 0) is 29.8 Å². The molecule has 0 bridgehead atoms. The predicted octanol–water partition coefficient (Wildman–Crippen LogP) is 1.81. The Labute approximate surface area is 106 Å². The summed E-state index contributed by atoms with van der Waals surface area (Å²) in [5, 5.41) is 10.8. The van der Waals surface area contributed by atoms with Gasteiger partial charge >= 0.3 is 0 Å². The van der Waals surface area contributed by atoms with Crippen molar-refractivity contribution in [1.82, 2.24) is 4.57 Å². The Kier molecular flexibility index (Phi) is 4.17. The number of carbonyl (C=O) groups excluding carboxylic acids is 1. The molecule has 0 saturated carbocycles. The van der Waals surface area contributed by atoms with Gasteiger partial charge < -0.3 is 4.57 Å². The van der Waals surface area contributed by atoms with Gasteiger partial charge in [-0.15, -0.1) is 0 Å². The van der Waals surface area contributed by atoms with Crippen LogP contribution in [-0.2, 0) is 11.3 Å². The van der Waals surface area contributed by atoms with E-state index in [-0.39, 0.29) is 34.5 Å². The maximum absolute atomic E-state index is 11.8. The van der Waals surface area contributed by atoms with E-state index in [0.29, 0.717) is 5.56 Å². The van der Waals surface area contributed by atoms with Crippen molar-refractivity contribution in [2.45, 2.75) is 26.8 Å². The average molecular weight is 303 g/mol. The second kappa shape index (κ2) is 5.22. The van der Waals surface area contributed by atoms with Crippen molar-refractivity contribution in [3.05, 3.63) is 36.7 Å². The summed E-state index contributed by atoms with van der Waals surface area (Å²) in [5.41, 5.74) is -0.214. The van der Waals surface area contributed by atoms with Crippen molar-refractivity contribution in [2.24, 2.45) is 0 Å². The Balaban J connectivity index is 3.27. The van der Waals surface area contributed by atoms with Gasteiger partial charge in [0.2, 0.25) is 0 Å². The SMILES string of the molecule is CC(=O)CCn1cc([N+](=O)[O-])c(C)c(Br)c1=O. The molecule has 0 spiro atoms. The summed E-state index contributed by atoms with van der Waals surface area (Å²) in [6.07, 6.45) is 1.35. The van der Waals surface area contributed by atoms with Crippen molar-refractivity contribution in [1.29, 1.82) is 0 Å².